The van der Waals surface area contributed by atoms with Gasteiger partial charge in [-0.1, -0.05) is 81.7 Å². The minimum absolute atomic E-state index is 1.01. The molecule has 3 nitrogen and oxygen atoms in total. The summed E-state index contributed by atoms with van der Waals surface area (Å²) in [5.74, 6) is 0. The first-order chi connectivity index (χ1) is 11.4. The van der Waals surface area contributed by atoms with Gasteiger partial charge in [-0.3, -0.25) is 10.5 Å². The third kappa shape index (κ3) is 13.5. The molecule has 0 spiro atoms. The fraction of sp³-hybridized carbons (Fsp3) is 0.684. The topological polar surface area (TPSA) is 36.1 Å². The monoisotopic (exact) mass is 335 g/mol. The number of hydrazine groups is 1. The summed E-state index contributed by atoms with van der Waals surface area (Å²) in [7, 11) is 1.04. The molecule has 0 aliphatic rings. The molecule has 23 heavy (non-hydrogen) atoms. The molecule has 1 aromatic rings. The maximum atomic E-state index is 3.53. The molecule has 0 aliphatic heterocycles. The minimum Gasteiger partial charge on any atom is -0.313 e. The summed E-state index contributed by atoms with van der Waals surface area (Å²) < 4.78 is 0. The number of rotatable bonds is 16. The van der Waals surface area contributed by atoms with Crippen molar-refractivity contribution in [2.24, 2.45) is 0 Å². The SMILES string of the molecule is [SiH3]NNCCCCCCCCCCCCNCc1ccccc1. The summed E-state index contributed by atoms with van der Waals surface area (Å²) in [6.45, 7) is 3.28. The summed E-state index contributed by atoms with van der Waals surface area (Å²) >= 11 is 0. The summed E-state index contributed by atoms with van der Waals surface area (Å²) in [4.78, 5) is 0. The average Bonchev–Trinajstić information content (AvgIpc) is 2.59. The van der Waals surface area contributed by atoms with Gasteiger partial charge in [-0.2, -0.15) is 0 Å². The Morgan fingerprint density at radius 2 is 1.17 bits per heavy atom. The van der Waals surface area contributed by atoms with Crippen LogP contribution in [0.3, 0.4) is 0 Å². The number of benzene rings is 1. The fourth-order valence-electron chi connectivity index (χ4n) is 2.83. The van der Waals surface area contributed by atoms with Crippen molar-refractivity contribution in [1.29, 1.82) is 0 Å². The van der Waals surface area contributed by atoms with Crippen LogP contribution in [0, 0.1) is 0 Å². The van der Waals surface area contributed by atoms with Crippen molar-refractivity contribution in [1.82, 2.24) is 15.8 Å². The lowest BCUT2D eigenvalue weighted by atomic mass is 10.1. The molecular weight excluding hydrogens is 298 g/mol. The lowest BCUT2D eigenvalue weighted by Crippen LogP contribution is -2.29. The molecule has 0 saturated carbocycles. The highest BCUT2D eigenvalue weighted by Crippen LogP contribution is 2.10. The zero-order chi connectivity index (χ0) is 16.4. The van der Waals surface area contributed by atoms with Crippen LogP contribution < -0.4 is 15.8 Å². The Hall–Kier alpha value is -0.683. The van der Waals surface area contributed by atoms with Crippen molar-refractivity contribution in [2.75, 3.05) is 13.1 Å². The van der Waals surface area contributed by atoms with Crippen LogP contribution in [0.5, 0.6) is 0 Å². The Bertz CT molecular complexity index is 346. The molecule has 0 atom stereocenters. The molecule has 132 valence electrons. The summed E-state index contributed by atoms with van der Waals surface area (Å²) in [5, 5.41) is 6.64. The predicted molar refractivity (Wildman–Crippen MR) is 105 cm³/mol. The molecule has 0 saturated heterocycles. The van der Waals surface area contributed by atoms with Crippen LogP contribution in [0.25, 0.3) is 0 Å². The van der Waals surface area contributed by atoms with E-state index in [1.807, 2.05) is 0 Å². The lowest BCUT2D eigenvalue weighted by Gasteiger charge is -2.05. The van der Waals surface area contributed by atoms with Crippen LogP contribution in [-0.2, 0) is 6.54 Å². The molecule has 1 rings (SSSR count). The van der Waals surface area contributed by atoms with E-state index >= 15 is 0 Å². The van der Waals surface area contributed by atoms with Gasteiger partial charge in [-0.15, -0.1) is 0 Å². The van der Waals surface area contributed by atoms with Gasteiger partial charge in [0.15, 0.2) is 0 Å². The van der Waals surface area contributed by atoms with Crippen molar-refractivity contribution in [3.05, 3.63) is 35.9 Å². The van der Waals surface area contributed by atoms with Crippen LogP contribution >= 0.6 is 0 Å². The highest BCUT2D eigenvalue weighted by molar-refractivity contribution is 6.03. The highest BCUT2D eigenvalue weighted by Gasteiger charge is 1.94. The number of unbranched alkanes of at least 4 members (excludes halogenated alkanes) is 9. The molecular formula is C19H37N3Si. The highest BCUT2D eigenvalue weighted by atomic mass is 28.2. The van der Waals surface area contributed by atoms with E-state index in [9.17, 15) is 0 Å². The van der Waals surface area contributed by atoms with Crippen LogP contribution in [0.1, 0.15) is 69.8 Å². The second-order valence-electron chi connectivity index (χ2n) is 6.37. The first-order valence-electron chi connectivity index (χ1n) is 9.57. The fourth-order valence-corrected chi connectivity index (χ4v) is 3.08. The van der Waals surface area contributed by atoms with E-state index in [1.54, 1.807) is 0 Å². The molecule has 0 heterocycles. The van der Waals surface area contributed by atoms with E-state index in [4.69, 9.17) is 0 Å². The van der Waals surface area contributed by atoms with Gasteiger partial charge in [0.25, 0.3) is 0 Å². The molecule has 0 bridgehead atoms. The standard InChI is InChI=1S/C19H37N3Si/c23-22-21-17-13-8-6-4-2-1-3-5-7-12-16-20-18-19-14-10-9-11-15-19/h9-11,14-15,20-22H,1-8,12-13,16-18H2,23H3. The predicted octanol–water partition coefficient (Wildman–Crippen LogP) is 3.05. The Kier molecular flexibility index (Phi) is 14.3. The van der Waals surface area contributed by atoms with Crippen molar-refractivity contribution >= 4 is 10.4 Å². The van der Waals surface area contributed by atoms with Gasteiger partial charge < -0.3 is 5.32 Å². The van der Waals surface area contributed by atoms with Crippen LogP contribution in [-0.4, -0.2) is 23.5 Å². The maximum Gasteiger partial charge on any atom is 0.0942 e. The van der Waals surface area contributed by atoms with E-state index in [1.165, 1.54) is 69.8 Å². The molecule has 0 unspecified atom stereocenters. The molecule has 0 aliphatic carbocycles. The van der Waals surface area contributed by atoms with Gasteiger partial charge in [0.05, 0.1) is 10.4 Å². The molecule has 0 radical (unpaired) electrons. The summed E-state index contributed by atoms with van der Waals surface area (Å²) in [6.07, 6.45) is 13.9. The van der Waals surface area contributed by atoms with Gasteiger partial charge in [0.1, 0.15) is 0 Å². The average molecular weight is 336 g/mol. The van der Waals surface area contributed by atoms with Crippen molar-refractivity contribution in [3.63, 3.8) is 0 Å². The second kappa shape index (κ2) is 16.2. The molecule has 4 heteroatoms. The lowest BCUT2D eigenvalue weighted by molar-refractivity contribution is 0.531. The summed E-state index contributed by atoms with van der Waals surface area (Å²) in [5.41, 5.74) is 4.59. The first kappa shape index (κ1) is 20.4. The Morgan fingerprint density at radius 3 is 1.74 bits per heavy atom. The molecule has 0 fully saturated rings. The van der Waals surface area contributed by atoms with E-state index in [-0.39, 0.29) is 0 Å². The smallest absolute Gasteiger partial charge is 0.0942 e. The van der Waals surface area contributed by atoms with Gasteiger partial charge in [-0.05, 0) is 24.9 Å². The maximum absolute atomic E-state index is 3.53. The van der Waals surface area contributed by atoms with Crippen LogP contribution in [0.15, 0.2) is 30.3 Å². The van der Waals surface area contributed by atoms with E-state index < -0.39 is 0 Å². The number of nitrogens with one attached hydrogen (secondary N) is 3. The zero-order valence-electron chi connectivity index (χ0n) is 15.1. The van der Waals surface area contributed by atoms with Gasteiger partial charge in [0, 0.05) is 13.1 Å². The van der Waals surface area contributed by atoms with Crippen LogP contribution in [0.4, 0.5) is 0 Å². The van der Waals surface area contributed by atoms with E-state index in [0.717, 1.165) is 30.0 Å². The van der Waals surface area contributed by atoms with Crippen molar-refractivity contribution < 1.29 is 0 Å². The quantitative estimate of drug-likeness (QED) is 0.247. The Morgan fingerprint density at radius 1 is 0.652 bits per heavy atom. The van der Waals surface area contributed by atoms with E-state index in [2.05, 4.69) is 46.2 Å². The van der Waals surface area contributed by atoms with Crippen molar-refractivity contribution in [2.45, 2.75) is 70.8 Å². The minimum atomic E-state index is 1.01. The first-order valence-corrected chi connectivity index (χ1v) is 10.6. The van der Waals surface area contributed by atoms with Crippen LogP contribution in [0.2, 0.25) is 0 Å². The molecule has 3 N–H and O–H groups in total. The third-order valence-corrected chi connectivity index (χ3v) is 4.61. The molecule has 0 amide bonds. The van der Waals surface area contributed by atoms with Gasteiger partial charge in [0.2, 0.25) is 0 Å². The van der Waals surface area contributed by atoms with Crippen molar-refractivity contribution in [3.8, 4) is 0 Å². The second-order valence-corrected chi connectivity index (χ2v) is 6.87. The third-order valence-electron chi connectivity index (χ3n) is 4.25. The Balaban J connectivity index is 1.72. The van der Waals surface area contributed by atoms with E-state index in [0.29, 0.717) is 0 Å². The Labute approximate surface area is 146 Å². The molecule has 1 aromatic carbocycles. The largest absolute Gasteiger partial charge is 0.313 e. The normalized spacial score (nSPS) is 11.1. The number of hydrogen-bond acceptors (Lipinski definition) is 3. The zero-order valence-corrected chi connectivity index (χ0v) is 17.1. The van der Waals surface area contributed by atoms with Gasteiger partial charge >= 0.3 is 0 Å². The van der Waals surface area contributed by atoms with Gasteiger partial charge in [-0.25, -0.2) is 0 Å². The molecule has 0 aromatic heterocycles. The number of hydrogen-bond donors (Lipinski definition) is 3. The summed E-state index contributed by atoms with van der Waals surface area (Å²) in [6, 6.07) is 10.7.